The van der Waals surface area contributed by atoms with Crippen molar-refractivity contribution in [1.29, 1.82) is 0 Å². The maximum atomic E-state index is 11.2. The van der Waals surface area contributed by atoms with Gasteiger partial charge in [-0.3, -0.25) is 0 Å². The second-order valence-corrected chi connectivity index (χ2v) is 6.59. The molecule has 1 fully saturated rings. The lowest BCUT2D eigenvalue weighted by molar-refractivity contribution is 0.344. The molecule has 0 spiro atoms. The van der Waals surface area contributed by atoms with E-state index in [1.54, 1.807) is 0 Å². The molecular weight excluding hydrogens is 228 g/mol. The Balaban J connectivity index is 1.91. The van der Waals surface area contributed by atoms with E-state index < -0.39 is 9.84 Å². The molecule has 5 nitrogen and oxygen atoms in total. The van der Waals surface area contributed by atoms with Crippen LogP contribution in [0.3, 0.4) is 0 Å². The van der Waals surface area contributed by atoms with Gasteiger partial charge in [0, 0.05) is 19.0 Å². The first-order chi connectivity index (χ1) is 7.59. The van der Waals surface area contributed by atoms with Crippen molar-refractivity contribution in [3.63, 3.8) is 0 Å². The molecule has 1 aromatic rings. The Bertz CT molecular complexity index is 438. The van der Waals surface area contributed by atoms with Gasteiger partial charge in [0.25, 0.3) is 0 Å². The lowest BCUT2D eigenvalue weighted by Crippen LogP contribution is -2.24. The Kier molecular flexibility index (Phi) is 3.30. The van der Waals surface area contributed by atoms with Gasteiger partial charge in [-0.05, 0) is 18.8 Å². The fourth-order valence-electron chi connectivity index (χ4n) is 1.98. The van der Waals surface area contributed by atoms with Crippen LogP contribution in [0.2, 0.25) is 0 Å². The third-order valence-electron chi connectivity index (χ3n) is 2.98. The molecule has 0 radical (unpaired) electrons. The minimum Gasteiger partial charge on any atom is -0.361 e. The first-order valence-corrected chi connectivity index (χ1v) is 7.26. The van der Waals surface area contributed by atoms with Gasteiger partial charge in [0.15, 0.2) is 0 Å². The molecule has 2 heterocycles. The van der Waals surface area contributed by atoms with Crippen molar-refractivity contribution in [2.45, 2.75) is 25.8 Å². The van der Waals surface area contributed by atoms with Crippen LogP contribution in [0.1, 0.15) is 24.3 Å². The lowest BCUT2D eigenvalue weighted by atomic mass is 9.97. The first kappa shape index (κ1) is 11.6. The molecule has 0 aromatic carbocycles. The highest BCUT2D eigenvalue weighted by Gasteiger charge is 2.24. The van der Waals surface area contributed by atoms with E-state index in [9.17, 15) is 8.42 Å². The molecule has 0 bridgehead atoms. The standard InChI is InChI=1S/C10H16N2O3S/c11-7-9-6-10(15-12-9)5-8-1-3-16(13,14)4-2-8/h6,8H,1-5,7,11H2. The summed E-state index contributed by atoms with van der Waals surface area (Å²) in [7, 11) is -2.77. The van der Waals surface area contributed by atoms with Crippen molar-refractivity contribution >= 4 is 9.84 Å². The van der Waals surface area contributed by atoms with Gasteiger partial charge in [-0.25, -0.2) is 8.42 Å². The summed E-state index contributed by atoms with van der Waals surface area (Å²) in [5, 5.41) is 3.81. The van der Waals surface area contributed by atoms with Crippen molar-refractivity contribution in [2.75, 3.05) is 11.5 Å². The van der Waals surface area contributed by atoms with Gasteiger partial charge in [0.05, 0.1) is 17.2 Å². The summed E-state index contributed by atoms with van der Waals surface area (Å²) in [5.41, 5.74) is 6.18. The number of nitrogens with zero attached hydrogens (tertiary/aromatic N) is 1. The zero-order valence-corrected chi connectivity index (χ0v) is 9.87. The highest BCUT2D eigenvalue weighted by Crippen LogP contribution is 2.23. The normalized spacial score (nSPS) is 21.1. The molecule has 6 heteroatoms. The van der Waals surface area contributed by atoms with Gasteiger partial charge in [0.1, 0.15) is 15.6 Å². The van der Waals surface area contributed by atoms with Gasteiger partial charge in [0.2, 0.25) is 0 Å². The van der Waals surface area contributed by atoms with Crippen LogP contribution >= 0.6 is 0 Å². The van der Waals surface area contributed by atoms with Crippen molar-refractivity contribution in [2.24, 2.45) is 11.7 Å². The van der Waals surface area contributed by atoms with Crippen molar-refractivity contribution in [3.05, 3.63) is 17.5 Å². The molecule has 0 unspecified atom stereocenters. The maximum absolute atomic E-state index is 11.2. The number of hydrogen-bond acceptors (Lipinski definition) is 5. The molecule has 0 amide bonds. The Morgan fingerprint density at radius 2 is 2.12 bits per heavy atom. The predicted molar refractivity (Wildman–Crippen MR) is 59.5 cm³/mol. The molecule has 1 saturated heterocycles. The quantitative estimate of drug-likeness (QED) is 0.836. The molecule has 2 N–H and O–H groups in total. The minimum absolute atomic E-state index is 0.301. The van der Waals surface area contributed by atoms with Crippen LogP contribution in [0, 0.1) is 5.92 Å². The van der Waals surface area contributed by atoms with Crippen molar-refractivity contribution < 1.29 is 12.9 Å². The SMILES string of the molecule is NCc1cc(CC2CCS(=O)(=O)CC2)on1. The van der Waals surface area contributed by atoms with E-state index in [1.165, 1.54) is 0 Å². The zero-order valence-electron chi connectivity index (χ0n) is 9.05. The summed E-state index contributed by atoms with van der Waals surface area (Å²) < 4.78 is 27.6. The summed E-state index contributed by atoms with van der Waals surface area (Å²) >= 11 is 0. The van der Waals surface area contributed by atoms with E-state index in [0.29, 0.717) is 24.0 Å². The number of rotatable bonds is 3. The second-order valence-electron chi connectivity index (χ2n) is 4.29. The average Bonchev–Trinajstić information content (AvgIpc) is 2.69. The largest absolute Gasteiger partial charge is 0.361 e. The monoisotopic (exact) mass is 244 g/mol. The molecule has 1 aliphatic rings. The Morgan fingerprint density at radius 3 is 2.69 bits per heavy atom. The smallest absolute Gasteiger partial charge is 0.150 e. The molecule has 1 aromatic heterocycles. The maximum Gasteiger partial charge on any atom is 0.150 e. The molecule has 90 valence electrons. The predicted octanol–water partition coefficient (Wildman–Crippen LogP) is 0.501. The van der Waals surface area contributed by atoms with Crippen LogP contribution in [0.15, 0.2) is 10.6 Å². The molecule has 0 atom stereocenters. The van der Waals surface area contributed by atoms with Crippen LogP contribution in [0.4, 0.5) is 0 Å². The number of sulfone groups is 1. The number of hydrogen-bond donors (Lipinski definition) is 1. The van der Waals surface area contributed by atoms with Crippen LogP contribution in [-0.2, 0) is 22.8 Å². The van der Waals surface area contributed by atoms with E-state index in [2.05, 4.69) is 5.16 Å². The minimum atomic E-state index is -2.77. The summed E-state index contributed by atoms with van der Waals surface area (Å²) in [4.78, 5) is 0. The third kappa shape index (κ3) is 2.82. The van der Waals surface area contributed by atoms with E-state index in [4.69, 9.17) is 10.3 Å². The van der Waals surface area contributed by atoms with Crippen LogP contribution in [0.25, 0.3) is 0 Å². The van der Waals surface area contributed by atoms with Crippen molar-refractivity contribution in [3.8, 4) is 0 Å². The highest BCUT2D eigenvalue weighted by atomic mass is 32.2. The van der Waals surface area contributed by atoms with Crippen LogP contribution in [0.5, 0.6) is 0 Å². The van der Waals surface area contributed by atoms with E-state index in [1.807, 2.05) is 6.07 Å². The van der Waals surface area contributed by atoms with E-state index in [0.717, 1.165) is 30.7 Å². The van der Waals surface area contributed by atoms with Gasteiger partial charge >= 0.3 is 0 Å². The molecular formula is C10H16N2O3S. The van der Waals surface area contributed by atoms with Gasteiger partial charge < -0.3 is 10.3 Å². The third-order valence-corrected chi connectivity index (χ3v) is 4.70. The van der Waals surface area contributed by atoms with E-state index in [-0.39, 0.29) is 0 Å². The topological polar surface area (TPSA) is 86.2 Å². The Morgan fingerprint density at radius 1 is 1.44 bits per heavy atom. The Labute approximate surface area is 94.9 Å². The van der Waals surface area contributed by atoms with Crippen LogP contribution in [-0.4, -0.2) is 25.1 Å². The fourth-order valence-corrected chi connectivity index (χ4v) is 3.56. The summed E-state index contributed by atoms with van der Waals surface area (Å²) in [6.45, 7) is 0.378. The molecule has 2 rings (SSSR count). The highest BCUT2D eigenvalue weighted by molar-refractivity contribution is 7.91. The van der Waals surface area contributed by atoms with Crippen molar-refractivity contribution in [1.82, 2.24) is 5.16 Å². The summed E-state index contributed by atoms with van der Waals surface area (Å²) in [6.07, 6.45) is 2.21. The van der Waals surface area contributed by atoms with Crippen LogP contribution < -0.4 is 5.73 Å². The van der Waals surface area contributed by atoms with Gasteiger partial charge in [-0.2, -0.15) is 0 Å². The molecule has 0 saturated carbocycles. The zero-order chi connectivity index (χ0) is 11.6. The molecule has 16 heavy (non-hydrogen) atoms. The Hall–Kier alpha value is -0.880. The summed E-state index contributed by atoms with van der Waals surface area (Å²) in [5.74, 6) is 1.80. The lowest BCUT2D eigenvalue weighted by Gasteiger charge is -2.20. The average molecular weight is 244 g/mol. The van der Waals surface area contributed by atoms with Gasteiger partial charge in [-0.15, -0.1) is 0 Å². The second kappa shape index (κ2) is 4.55. The number of nitrogens with two attached hydrogens (primary N) is 1. The van der Waals surface area contributed by atoms with Gasteiger partial charge in [-0.1, -0.05) is 5.16 Å². The van der Waals surface area contributed by atoms with E-state index >= 15 is 0 Å². The summed E-state index contributed by atoms with van der Waals surface area (Å²) in [6, 6.07) is 1.85. The fraction of sp³-hybridized carbons (Fsp3) is 0.700. The molecule has 1 aliphatic heterocycles. The first-order valence-electron chi connectivity index (χ1n) is 5.44. The number of aromatic nitrogens is 1. The molecule has 0 aliphatic carbocycles.